The standard InChI is InChI=1S/C12H17N3O2/c1-7-10(9(16)5-6-15(3)4)8(2)14-11(7)12(13)17/h5-6,14H,1-4H3,(H2,13,17). The number of ketones is 1. The number of nitrogens with zero attached hydrogens (tertiary/aromatic N) is 1. The SMILES string of the molecule is Cc1[nH]c(C(N)=O)c(C)c1C(=O)C=CN(C)C. The molecule has 1 aromatic rings. The molecule has 3 N–H and O–H groups in total. The van der Waals surface area contributed by atoms with Gasteiger partial charge >= 0.3 is 0 Å². The van der Waals surface area contributed by atoms with E-state index in [1.807, 2.05) is 14.1 Å². The van der Waals surface area contributed by atoms with Gasteiger partial charge in [0.1, 0.15) is 5.69 Å². The van der Waals surface area contributed by atoms with Crippen LogP contribution in [-0.4, -0.2) is 35.7 Å². The zero-order valence-corrected chi connectivity index (χ0v) is 10.5. The molecule has 0 radical (unpaired) electrons. The van der Waals surface area contributed by atoms with Crippen molar-refractivity contribution in [1.29, 1.82) is 0 Å². The Morgan fingerprint density at radius 1 is 1.29 bits per heavy atom. The molecule has 1 amide bonds. The molecule has 1 heterocycles. The number of aryl methyl sites for hydroxylation is 1. The molecule has 0 aromatic carbocycles. The van der Waals surface area contributed by atoms with E-state index in [-0.39, 0.29) is 5.78 Å². The van der Waals surface area contributed by atoms with Crippen molar-refractivity contribution in [2.24, 2.45) is 5.73 Å². The third kappa shape index (κ3) is 2.75. The highest BCUT2D eigenvalue weighted by atomic mass is 16.1. The van der Waals surface area contributed by atoms with Crippen molar-refractivity contribution in [1.82, 2.24) is 9.88 Å². The van der Waals surface area contributed by atoms with Crippen molar-refractivity contribution in [3.8, 4) is 0 Å². The van der Waals surface area contributed by atoms with Crippen LogP contribution in [0.25, 0.3) is 0 Å². The van der Waals surface area contributed by atoms with Gasteiger partial charge in [-0.15, -0.1) is 0 Å². The Morgan fingerprint density at radius 3 is 2.29 bits per heavy atom. The lowest BCUT2D eigenvalue weighted by atomic mass is 10.1. The van der Waals surface area contributed by atoms with Crippen molar-refractivity contribution in [2.45, 2.75) is 13.8 Å². The maximum Gasteiger partial charge on any atom is 0.265 e. The average molecular weight is 235 g/mol. The minimum Gasteiger partial charge on any atom is -0.383 e. The normalized spacial score (nSPS) is 10.8. The van der Waals surface area contributed by atoms with Gasteiger partial charge in [0.25, 0.3) is 5.91 Å². The second-order valence-electron chi connectivity index (χ2n) is 4.13. The largest absolute Gasteiger partial charge is 0.383 e. The van der Waals surface area contributed by atoms with Gasteiger partial charge in [-0.05, 0) is 19.4 Å². The Kier molecular flexibility index (Phi) is 3.73. The van der Waals surface area contributed by atoms with E-state index in [0.717, 1.165) is 0 Å². The average Bonchev–Trinajstić information content (AvgIpc) is 2.51. The molecule has 5 nitrogen and oxygen atoms in total. The van der Waals surface area contributed by atoms with E-state index in [9.17, 15) is 9.59 Å². The van der Waals surface area contributed by atoms with Gasteiger partial charge in [-0.2, -0.15) is 0 Å². The van der Waals surface area contributed by atoms with Gasteiger partial charge in [0.05, 0.1) is 0 Å². The molecule has 17 heavy (non-hydrogen) atoms. The van der Waals surface area contributed by atoms with E-state index < -0.39 is 5.91 Å². The number of nitrogens with one attached hydrogen (secondary N) is 1. The summed E-state index contributed by atoms with van der Waals surface area (Å²) in [4.78, 5) is 27.7. The summed E-state index contributed by atoms with van der Waals surface area (Å²) >= 11 is 0. The molecule has 0 spiro atoms. The molecular formula is C12H17N3O2. The van der Waals surface area contributed by atoms with Crippen LogP contribution in [0.2, 0.25) is 0 Å². The van der Waals surface area contributed by atoms with Crippen LogP contribution in [0.3, 0.4) is 0 Å². The number of primary amides is 1. The number of H-pyrrole nitrogens is 1. The van der Waals surface area contributed by atoms with Gasteiger partial charge < -0.3 is 15.6 Å². The Morgan fingerprint density at radius 2 is 1.88 bits per heavy atom. The number of aromatic nitrogens is 1. The minimum atomic E-state index is -0.554. The highest BCUT2D eigenvalue weighted by Crippen LogP contribution is 2.18. The van der Waals surface area contributed by atoms with E-state index in [2.05, 4.69) is 4.98 Å². The van der Waals surface area contributed by atoms with Gasteiger partial charge in [-0.3, -0.25) is 9.59 Å². The van der Waals surface area contributed by atoms with E-state index in [0.29, 0.717) is 22.5 Å². The molecule has 0 atom stereocenters. The zero-order valence-electron chi connectivity index (χ0n) is 10.5. The molecule has 0 saturated heterocycles. The van der Waals surface area contributed by atoms with E-state index in [1.54, 1.807) is 24.9 Å². The number of rotatable bonds is 4. The van der Waals surface area contributed by atoms with Crippen LogP contribution in [0.1, 0.15) is 32.1 Å². The number of hydrogen-bond acceptors (Lipinski definition) is 3. The zero-order chi connectivity index (χ0) is 13.2. The van der Waals surface area contributed by atoms with Gasteiger partial charge in [0.2, 0.25) is 0 Å². The fourth-order valence-electron chi connectivity index (χ4n) is 1.67. The Bertz CT molecular complexity index is 484. The first-order valence-electron chi connectivity index (χ1n) is 5.22. The second kappa shape index (κ2) is 4.86. The van der Waals surface area contributed by atoms with Crippen molar-refractivity contribution in [3.05, 3.63) is 34.8 Å². The minimum absolute atomic E-state index is 0.141. The molecule has 0 aliphatic carbocycles. The van der Waals surface area contributed by atoms with E-state index in [1.165, 1.54) is 6.08 Å². The van der Waals surface area contributed by atoms with Crippen LogP contribution < -0.4 is 5.73 Å². The number of carbonyl (C=O) groups is 2. The lowest BCUT2D eigenvalue weighted by Crippen LogP contribution is -2.13. The lowest BCUT2D eigenvalue weighted by Gasteiger charge is -2.03. The molecule has 0 saturated carbocycles. The van der Waals surface area contributed by atoms with Crippen molar-refractivity contribution in [2.75, 3.05) is 14.1 Å². The van der Waals surface area contributed by atoms with Gasteiger partial charge in [-0.25, -0.2) is 0 Å². The van der Waals surface area contributed by atoms with Gasteiger partial charge in [-0.1, -0.05) is 0 Å². The van der Waals surface area contributed by atoms with Crippen molar-refractivity contribution < 1.29 is 9.59 Å². The number of nitrogens with two attached hydrogens (primary N) is 1. The van der Waals surface area contributed by atoms with E-state index in [4.69, 9.17) is 5.73 Å². The molecule has 0 aliphatic heterocycles. The molecule has 0 fully saturated rings. The maximum absolute atomic E-state index is 11.9. The topological polar surface area (TPSA) is 79.2 Å². The number of allylic oxidation sites excluding steroid dienone is 1. The first-order chi connectivity index (χ1) is 7.84. The predicted molar refractivity (Wildman–Crippen MR) is 65.9 cm³/mol. The molecule has 0 unspecified atom stereocenters. The summed E-state index contributed by atoms with van der Waals surface area (Å²) in [6, 6.07) is 0. The molecule has 0 aliphatic rings. The maximum atomic E-state index is 11.9. The fourth-order valence-corrected chi connectivity index (χ4v) is 1.67. The number of amides is 1. The number of aromatic amines is 1. The van der Waals surface area contributed by atoms with Crippen LogP contribution in [-0.2, 0) is 0 Å². The molecule has 0 bridgehead atoms. The number of hydrogen-bond donors (Lipinski definition) is 2. The summed E-state index contributed by atoms with van der Waals surface area (Å²) in [5.74, 6) is -0.696. The highest BCUT2D eigenvalue weighted by Gasteiger charge is 2.18. The molecule has 1 rings (SSSR count). The summed E-state index contributed by atoms with van der Waals surface area (Å²) in [7, 11) is 3.66. The summed E-state index contributed by atoms with van der Waals surface area (Å²) in [6.07, 6.45) is 3.13. The molecule has 1 aromatic heterocycles. The summed E-state index contributed by atoms with van der Waals surface area (Å²) in [5, 5.41) is 0. The lowest BCUT2D eigenvalue weighted by molar-refractivity contribution is 0.0995. The summed E-state index contributed by atoms with van der Waals surface area (Å²) in [6.45, 7) is 3.45. The first kappa shape index (κ1) is 13.0. The third-order valence-electron chi connectivity index (χ3n) is 2.45. The quantitative estimate of drug-likeness (QED) is 0.603. The van der Waals surface area contributed by atoms with Crippen LogP contribution in [0.4, 0.5) is 0 Å². The second-order valence-corrected chi connectivity index (χ2v) is 4.13. The van der Waals surface area contributed by atoms with Crippen molar-refractivity contribution >= 4 is 11.7 Å². The molecule has 5 heteroatoms. The molecular weight excluding hydrogens is 218 g/mol. The summed E-state index contributed by atoms with van der Waals surface area (Å²) < 4.78 is 0. The van der Waals surface area contributed by atoms with Gasteiger partial charge in [0.15, 0.2) is 5.78 Å². The predicted octanol–water partition coefficient (Wildman–Crippen LogP) is 0.988. The summed E-state index contributed by atoms with van der Waals surface area (Å²) in [5.41, 5.74) is 7.28. The van der Waals surface area contributed by atoms with E-state index >= 15 is 0 Å². The van der Waals surface area contributed by atoms with Crippen LogP contribution in [0, 0.1) is 13.8 Å². The Hall–Kier alpha value is -2.04. The Balaban J connectivity index is 3.15. The van der Waals surface area contributed by atoms with Gasteiger partial charge in [0, 0.05) is 37.6 Å². The van der Waals surface area contributed by atoms with Crippen LogP contribution in [0.15, 0.2) is 12.3 Å². The monoisotopic (exact) mass is 235 g/mol. The fraction of sp³-hybridized carbons (Fsp3) is 0.333. The smallest absolute Gasteiger partial charge is 0.265 e. The first-order valence-corrected chi connectivity index (χ1v) is 5.22. The van der Waals surface area contributed by atoms with Crippen LogP contribution in [0.5, 0.6) is 0 Å². The molecule has 92 valence electrons. The van der Waals surface area contributed by atoms with Crippen LogP contribution >= 0.6 is 0 Å². The highest BCUT2D eigenvalue weighted by molar-refractivity contribution is 6.08. The third-order valence-corrected chi connectivity index (χ3v) is 2.45. The van der Waals surface area contributed by atoms with Crippen molar-refractivity contribution in [3.63, 3.8) is 0 Å². The Labute approximate surface area is 100 Å². The number of carbonyl (C=O) groups excluding carboxylic acids is 2.